The standard InChI is InChI=1S/C15H22N4O3/c1-4-22-10-11-6-5-7-19(9-11)13-12(8-16)14(20)18(3)15(21)17(13)2/h11H,4-7,9-10H2,1-3H3. The smallest absolute Gasteiger partial charge is 0.332 e. The number of ether oxygens (including phenoxy) is 1. The minimum Gasteiger partial charge on any atom is -0.381 e. The van der Waals surface area contributed by atoms with E-state index in [0.717, 1.165) is 24.0 Å². The van der Waals surface area contributed by atoms with E-state index in [1.807, 2.05) is 17.9 Å². The van der Waals surface area contributed by atoms with Crippen LogP contribution in [0.25, 0.3) is 0 Å². The number of anilines is 1. The largest absolute Gasteiger partial charge is 0.381 e. The average Bonchev–Trinajstić information content (AvgIpc) is 2.54. The van der Waals surface area contributed by atoms with Crippen LogP contribution in [0.3, 0.4) is 0 Å². The summed E-state index contributed by atoms with van der Waals surface area (Å²) in [7, 11) is 2.99. The quantitative estimate of drug-likeness (QED) is 0.794. The number of piperidine rings is 1. The maximum atomic E-state index is 12.2. The van der Waals surface area contributed by atoms with Crippen LogP contribution >= 0.6 is 0 Å². The zero-order valence-electron chi connectivity index (χ0n) is 13.3. The third kappa shape index (κ3) is 2.92. The van der Waals surface area contributed by atoms with Crippen LogP contribution in [-0.2, 0) is 18.8 Å². The van der Waals surface area contributed by atoms with Crippen LogP contribution in [0, 0.1) is 17.2 Å². The topological polar surface area (TPSA) is 80.3 Å². The van der Waals surface area contributed by atoms with Crippen molar-refractivity contribution >= 4 is 5.82 Å². The molecule has 0 amide bonds. The van der Waals surface area contributed by atoms with E-state index in [9.17, 15) is 14.9 Å². The fourth-order valence-corrected chi connectivity index (χ4v) is 2.98. The summed E-state index contributed by atoms with van der Waals surface area (Å²) in [5.41, 5.74) is -0.917. The highest BCUT2D eigenvalue weighted by Gasteiger charge is 2.26. The molecule has 1 saturated heterocycles. The van der Waals surface area contributed by atoms with Gasteiger partial charge < -0.3 is 9.64 Å². The third-order valence-electron chi connectivity index (χ3n) is 4.12. The van der Waals surface area contributed by atoms with Crippen LogP contribution < -0.4 is 16.1 Å². The van der Waals surface area contributed by atoms with E-state index >= 15 is 0 Å². The molecule has 120 valence electrons. The van der Waals surface area contributed by atoms with Crippen molar-refractivity contribution in [2.75, 3.05) is 31.2 Å². The molecule has 1 aromatic rings. The second-order valence-corrected chi connectivity index (χ2v) is 5.63. The Balaban J connectivity index is 2.42. The Morgan fingerprint density at radius 3 is 2.68 bits per heavy atom. The number of aromatic nitrogens is 2. The van der Waals surface area contributed by atoms with E-state index in [4.69, 9.17) is 4.74 Å². The van der Waals surface area contributed by atoms with Crippen LogP contribution in [0.2, 0.25) is 0 Å². The van der Waals surface area contributed by atoms with Gasteiger partial charge in [-0.2, -0.15) is 5.26 Å². The molecule has 0 spiro atoms. The Morgan fingerprint density at radius 1 is 1.32 bits per heavy atom. The van der Waals surface area contributed by atoms with E-state index in [0.29, 0.717) is 31.5 Å². The predicted octanol–water partition coefficient (Wildman–Crippen LogP) is 0.209. The first-order valence-corrected chi connectivity index (χ1v) is 7.54. The Bertz CT molecular complexity index is 698. The summed E-state index contributed by atoms with van der Waals surface area (Å²) in [6, 6.07) is 1.96. The predicted molar refractivity (Wildman–Crippen MR) is 83.1 cm³/mol. The van der Waals surface area contributed by atoms with Crippen molar-refractivity contribution in [3.8, 4) is 6.07 Å². The molecular formula is C15H22N4O3. The molecule has 7 nitrogen and oxygen atoms in total. The minimum absolute atomic E-state index is 0.0293. The first kappa shape index (κ1) is 16.3. The third-order valence-corrected chi connectivity index (χ3v) is 4.12. The summed E-state index contributed by atoms with van der Waals surface area (Å²) in [6.07, 6.45) is 2.00. The molecule has 0 aliphatic carbocycles. The Kier molecular flexibility index (Phi) is 5.03. The first-order chi connectivity index (χ1) is 10.5. The van der Waals surface area contributed by atoms with Crippen molar-refractivity contribution in [2.45, 2.75) is 19.8 Å². The zero-order valence-corrected chi connectivity index (χ0v) is 13.3. The van der Waals surface area contributed by atoms with E-state index < -0.39 is 11.2 Å². The summed E-state index contributed by atoms with van der Waals surface area (Å²) >= 11 is 0. The maximum absolute atomic E-state index is 12.2. The molecule has 1 unspecified atom stereocenters. The number of hydrogen-bond donors (Lipinski definition) is 0. The molecule has 0 aromatic carbocycles. The Hall–Kier alpha value is -2.07. The zero-order chi connectivity index (χ0) is 16.3. The van der Waals surface area contributed by atoms with Gasteiger partial charge in [0.1, 0.15) is 11.9 Å². The van der Waals surface area contributed by atoms with Crippen LogP contribution in [0.1, 0.15) is 25.3 Å². The second kappa shape index (κ2) is 6.79. The molecule has 0 saturated carbocycles. The van der Waals surface area contributed by atoms with Crippen LogP contribution in [0.15, 0.2) is 9.59 Å². The van der Waals surface area contributed by atoms with Gasteiger partial charge in [-0.15, -0.1) is 0 Å². The molecule has 1 aliphatic heterocycles. The van der Waals surface area contributed by atoms with Crippen LogP contribution in [0.5, 0.6) is 0 Å². The lowest BCUT2D eigenvalue weighted by molar-refractivity contribution is 0.104. The lowest BCUT2D eigenvalue weighted by atomic mass is 9.98. The van der Waals surface area contributed by atoms with Gasteiger partial charge in [-0.25, -0.2) is 4.79 Å². The molecule has 0 bridgehead atoms. The van der Waals surface area contributed by atoms with Gasteiger partial charge in [0.25, 0.3) is 5.56 Å². The second-order valence-electron chi connectivity index (χ2n) is 5.63. The van der Waals surface area contributed by atoms with Gasteiger partial charge in [0.2, 0.25) is 0 Å². The van der Waals surface area contributed by atoms with Gasteiger partial charge in [-0.1, -0.05) is 0 Å². The molecule has 1 aliphatic rings. The number of nitriles is 1. The van der Waals surface area contributed by atoms with Crippen molar-refractivity contribution < 1.29 is 4.74 Å². The summed E-state index contributed by atoms with van der Waals surface area (Å²) in [4.78, 5) is 26.3. The summed E-state index contributed by atoms with van der Waals surface area (Å²) < 4.78 is 7.85. The van der Waals surface area contributed by atoms with Gasteiger partial charge in [-0.3, -0.25) is 13.9 Å². The molecule has 22 heavy (non-hydrogen) atoms. The normalized spacial score (nSPS) is 18.3. The van der Waals surface area contributed by atoms with Crippen molar-refractivity contribution in [1.29, 1.82) is 5.26 Å². The fourth-order valence-electron chi connectivity index (χ4n) is 2.98. The molecule has 1 fully saturated rings. The summed E-state index contributed by atoms with van der Waals surface area (Å²) in [5.74, 6) is 0.774. The highest BCUT2D eigenvalue weighted by Crippen LogP contribution is 2.23. The molecule has 2 heterocycles. The average molecular weight is 306 g/mol. The molecule has 7 heteroatoms. The summed E-state index contributed by atoms with van der Waals surface area (Å²) in [6.45, 7) is 4.71. The maximum Gasteiger partial charge on any atom is 0.332 e. The van der Waals surface area contributed by atoms with Crippen molar-refractivity contribution in [2.24, 2.45) is 20.0 Å². The van der Waals surface area contributed by atoms with Crippen molar-refractivity contribution in [3.05, 3.63) is 26.4 Å². The van der Waals surface area contributed by atoms with E-state index in [1.54, 1.807) is 7.05 Å². The molecule has 1 atom stereocenters. The van der Waals surface area contributed by atoms with E-state index in [1.165, 1.54) is 11.6 Å². The van der Waals surface area contributed by atoms with Gasteiger partial charge in [0.05, 0.1) is 6.61 Å². The lowest BCUT2D eigenvalue weighted by Gasteiger charge is -2.35. The van der Waals surface area contributed by atoms with Crippen molar-refractivity contribution in [3.63, 3.8) is 0 Å². The first-order valence-electron chi connectivity index (χ1n) is 7.54. The van der Waals surface area contributed by atoms with Gasteiger partial charge >= 0.3 is 5.69 Å². The molecule has 0 N–H and O–H groups in total. The minimum atomic E-state index is -0.535. The van der Waals surface area contributed by atoms with Crippen LogP contribution in [-0.4, -0.2) is 35.4 Å². The number of hydrogen-bond acceptors (Lipinski definition) is 5. The fraction of sp³-hybridized carbons (Fsp3) is 0.667. The Labute approximate surface area is 129 Å². The molecular weight excluding hydrogens is 284 g/mol. The molecule has 1 aromatic heterocycles. The number of rotatable bonds is 4. The highest BCUT2D eigenvalue weighted by molar-refractivity contribution is 5.53. The van der Waals surface area contributed by atoms with Gasteiger partial charge in [0.15, 0.2) is 5.56 Å². The SMILES string of the molecule is CCOCC1CCCN(c2c(C#N)c(=O)n(C)c(=O)n2C)C1. The van der Waals surface area contributed by atoms with E-state index in [2.05, 4.69) is 0 Å². The van der Waals surface area contributed by atoms with Crippen molar-refractivity contribution in [1.82, 2.24) is 9.13 Å². The highest BCUT2D eigenvalue weighted by atomic mass is 16.5. The monoisotopic (exact) mass is 306 g/mol. The van der Waals surface area contributed by atoms with Crippen LogP contribution in [0.4, 0.5) is 5.82 Å². The summed E-state index contributed by atoms with van der Waals surface area (Å²) in [5, 5.41) is 9.35. The number of nitrogens with zero attached hydrogens (tertiary/aromatic N) is 4. The van der Waals surface area contributed by atoms with Gasteiger partial charge in [-0.05, 0) is 25.7 Å². The molecule has 0 radical (unpaired) electrons. The Morgan fingerprint density at radius 2 is 2.05 bits per heavy atom. The lowest BCUT2D eigenvalue weighted by Crippen LogP contribution is -2.45. The van der Waals surface area contributed by atoms with Gasteiger partial charge in [0, 0.05) is 33.8 Å². The van der Waals surface area contributed by atoms with E-state index in [-0.39, 0.29) is 5.56 Å². The molecule has 2 rings (SSSR count).